The van der Waals surface area contributed by atoms with Gasteiger partial charge in [0.2, 0.25) is 5.89 Å². The number of aromatic nitrogens is 2. The number of ether oxygens (including phenoxy) is 1. The van der Waals surface area contributed by atoms with E-state index in [1.54, 1.807) is 6.92 Å². The van der Waals surface area contributed by atoms with Crippen LogP contribution in [0.15, 0.2) is 28.7 Å². The lowest BCUT2D eigenvalue weighted by molar-refractivity contribution is -0.140. The Labute approximate surface area is 204 Å². The molecular formula is C21H23F3N6O5S. The SMILES string of the molecule is COc1ccc(-c2nc(C(=O)N3CCN(S(N)(=O)=O)CC3)c(C(C)N)o2)c2ccc(C(F)(F)F)nc12. The molecule has 0 aliphatic carbocycles. The molecule has 1 aliphatic heterocycles. The van der Waals surface area contributed by atoms with Crippen LogP contribution in [0.4, 0.5) is 13.2 Å². The number of alkyl halides is 3. The second-order valence-electron chi connectivity index (χ2n) is 8.16. The first-order valence-electron chi connectivity index (χ1n) is 10.7. The molecule has 3 heterocycles. The Morgan fingerprint density at radius 3 is 2.36 bits per heavy atom. The number of oxazole rings is 1. The smallest absolute Gasteiger partial charge is 0.433 e. The highest BCUT2D eigenvalue weighted by Gasteiger charge is 2.34. The molecule has 1 unspecified atom stereocenters. The van der Waals surface area contributed by atoms with Gasteiger partial charge in [-0.1, -0.05) is 0 Å². The summed E-state index contributed by atoms with van der Waals surface area (Å²) in [6.07, 6.45) is -4.66. The zero-order valence-corrected chi connectivity index (χ0v) is 20.1. The number of pyridine rings is 1. The van der Waals surface area contributed by atoms with Crippen LogP contribution in [0.2, 0.25) is 0 Å². The van der Waals surface area contributed by atoms with Crippen molar-refractivity contribution in [2.75, 3.05) is 33.3 Å². The van der Waals surface area contributed by atoms with Crippen molar-refractivity contribution in [2.45, 2.75) is 19.1 Å². The van der Waals surface area contributed by atoms with Crippen molar-refractivity contribution in [3.63, 3.8) is 0 Å². The molecule has 1 saturated heterocycles. The molecule has 1 fully saturated rings. The number of fused-ring (bicyclic) bond motifs is 1. The van der Waals surface area contributed by atoms with Crippen LogP contribution < -0.4 is 15.6 Å². The number of halogens is 3. The Balaban J connectivity index is 1.75. The Morgan fingerprint density at radius 1 is 1.14 bits per heavy atom. The molecular weight excluding hydrogens is 505 g/mol. The van der Waals surface area contributed by atoms with Gasteiger partial charge in [-0.05, 0) is 31.2 Å². The number of nitrogens with zero attached hydrogens (tertiary/aromatic N) is 4. The molecule has 36 heavy (non-hydrogen) atoms. The van der Waals surface area contributed by atoms with Gasteiger partial charge in [-0.25, -0.2) is 15.1 Å². The van der Waals surface area contributed by atoms with E-state index in [9.17, 15) is 26.4 Å². The maximum Gasteiger partial charge on any atom is 0.433 e. The van der Waals surface area contributed by atoms with Gasteiger partial charge in [-0.3, -0.25) is 4.79 Å². The maximum atomic E-state index is 13.2. The molecule has 15 heteroatoms. The summed E-state index contributed by atoms with van der Waals surface area (Å²) in [6, 6.07) is 4.28. The molecule has 0 bridgehead atoms. The summed E-state index contributed by atoms with van der Waals surface area (Å²) >= 11 is 0. The summed E-state index contributed by atoms with van der Waals surface area (Å²) in [5, 5.41) is 5.41. The Bertz CT molecular complexity index is 1420. The van der Waals surface area contributed by atoms with Crippen LogP contribution in [-0.2, 0) is 16.4 Å². The van der Waals surface area contributed by atoms with Gasteiger partial charge in [-0.15, -0.1) is 0 Å². The fraction of sp³-hybridized carbons (Fsp3) is 0.381. The van der Waals surface area contributed by atoms with Crippen LogP contribution in [0.5, 0.6) is 5.75 Å². The second-order valence-corrected chi connectivity index (χ2v) is 9.71. The van der Waals surface area contributed by atoms with Gasteiger partial charge < -0.3 is 19.8 Å². The number of benzene rings is 1. The van der Waals surface area contributed by atoms with Gasteiger partial charge in [0.25, 0.3) is 16.1 Å². The molecule has 1 atom stereocenters. The van der Waals surface area contributed by atoms with E-state index in [0.717, 1.165) is 10.4 Å². The highest BCUT2D eigenvalue weighted by molar-refractivity contribution is 7.86. The van der Waals surface area contributed by atoms with E-state index in [0.29, 0.717) is 0 Å². The summed E-state index contributed by atoms with van der Waals surface area (Å²) in [5.41, 5.74) is 5.07. The van der Waals surface area contributed by atoms with E-state index in [4.69, 9.17) is 20.0 Å². The minimum atomic E-state index is -4.66. The molecule has 1 amide bonds. The molecule has 2 aromatic heterocycles. The number of carbonyl (C=O) groups excluding carboxylic acids is 1. The van der Waals surface area contributed by atoms with Gasteiger partial charge in [0.05, 0.1) is 13.2 Å². The van der Waals surface area contributed by atoms with E-state index in [1.165, 1.54) is 30.2 Å². The molecule has 4 N–H and O–H groups in total. The largest absolute Gasteiger partial charge is 0.494 e. The highest BCUT2D eigenvalue weighted by Crippen LogP contribution is 2.37. The lowest BCUT2D eigenvalue weighted by Crippen LogP contribution is -2.52. The molecule has 0 radical (unpaired) electrons. The normalized spacial score (nSPS) is 16.4. The third-order valence-electron chi connectivity index (χ3n) is 5.72. The molecule has 1 aliphatic rings. The first kappa shape index (κ1) is 25.8. The monoisotopic (exact) mass is 528 g/mol. The predicted molar refractivity (Wildman–Crippen MR) is 122 cm³/mol. The van der Waals surface area contributed by atoms with E-state index >= 15 is 0 Å². The molecule has 11 nitrogen and oxygen atoms in total. The summed E-state index contributed by atoms with van der Waals surface area (Å²) in [4.78, 5) is 22.7. The van der Waals surface area contributed by atoms with Crippen molar-refractivity contribution in [3.05, 3.63) is 41.4 Å². The first-order valence-corrected chi connectivity index (χ1v) is 12.2. The fourth-order valence-corrected chi connectivity index (χ4v) is 4.58. The van der Waals surface area contributed by atoms with Crippen LogP contribution in [0, 0.1) is 0 Å². The van der Waals surface area contributed by atoms with Crippen LogP contribution in [0.25, 0.3) is 22.4 Å². The summed E-state index contributed by atoms with van der Waals surface area (Å²) < 4.78 is 74.9. The maximum absolute atomic E-state index is 13.2. The fourth-order valence-electron chi connectivity index (χ4n) is 3.91. The number of amides is 1. The van der Waals surface area contributed by atoms with Gasteiger partial charge in [0.15, 0.2) is 11.5 Å². The van der Waals surface area contributed by atoms with E-state index < -0.39 is 34.0 Å². The number of methoxy groups -OCH3 is 1. The summed E-state index contributed by atoms with van der Waals surface area (Å²) in [5.74, 6) is -0.375. The second kappa shape index (κ2) is 9.31. The number of nitrogens with two attached hydrogens (primary N) is 2. The number of carbonyl (C=O) groups is 1. The molecule has 1 aromatic carbocycles. The molecule has 4 rings (SSSR count). The van der Waals surface area contributed by atoms with Crippen molar-refractivity contribution in [2.24, 2.45) is 10.9 Å². The van der Waals surface area contributed by atoms with E-state index in [-0.39, 0.29) is 65.7 Å². The topological polar surface area (TPSA) is 158 Å². The van der Waals surface area contributed by atoms with Crippen LogP contribution >= 0.6 is 0 Å². The third kappa shape index (κ3) is 4.86. The van der Waals surface area contributed by atoms with Gasteiger partial charge >= 0.3 is 6.18 Å². The molecule has 0 spiro atoms. The number of hydrogen-bond acceptors (Lipinski definition) is 8. The van der Waals surface area contributed by atoms with E-state index in [2.05, 4.69) is 9.97 Å². The van der Waals surface area contributed by atoms with Crippen LogP contribution in [0.3, 0.4) is 0 Å². The molecule has 194 valence electrons. The average molecular weight is 529 g/mol. The Hall–Kier alpha value is -3.27. The quantitative estimate of drug-likeness (QED) is 0.508. The zero-order chi connectivity index (χ0) is 26.4. The van der Waals surface area contributed by atoms with Gasteiger partial charge in [-0.2, -0.15) is 25.9 Å². The van der Waals surface area contributed by atoms with Crippen molar-refractivity contribution in [3.8, 4) is 17.2 Å². The Kier molecular flexibility index (Phi) is 6.68. The number of hydrogen-bond donors (Lipinski definition) is 2. The number of rotatable bonds is 5. The third-order valence-corrected chi connectivity index (χ3v) is 6.80. The molecule has 3 aromatic rings. The van der Waals surface area contributed by atoms with Crippen molar-refractivity contribution in [1.82, 2.24) is 19.2 Å². The van der Waals surface area contributed by atoms with Crippen molar-refractivity contribution < 1.29 is 35.5 Å². The zero-order valence-electron chi connectivity index (χ0n) is 19.2. The Morgan fingerprint density at radius 2 is 1.81 bits per heavy atom. The first-order chi connectivity index (χ1) is 16.8. The molecule has 0 saturated carbocycles. The standard InChI is InChI=1S/C21H23F3N6O5S/c1-11(25)18-17(20(31)29-7-9-30(10-8-29)36(26,32)33)28-19(35-18)13-3-5-14(34-2)16-12(13)4-6-15(27-16)21(22,23)24/h3-6,11H,7-10,25H2,1-2H3,(H2,26,32,33). The minimum Gasteiger partial charge on any atom is -0.494 e. The van der Waals surface area contributed by atoms with E-state index in [1.807, 2.05) is 0 Å². The average Bonchev–Trinajstić information content (AvgIpc) is 3.27. The van der Waals surface area contributed by atoms with Crippen molar-refractivity contribution >= 4 is 27.0 Å². The van der Waals surface area contributed by atoms with Gasteiger partial charge in [0.1, 0.15) is 17.0 Å². The summed E-state index contributed by atoms with van der Waals surface area (Å²) in [6.45, 7) is 1.76. The van der Waals surface area contributed by atoms with Crippen LogP contribution in [-0.4, -0.2) is 66.8 Å². The lowest BCUT2D eigenvalue weighted by Gasteiger charge is -2.32. The van der Waals surface area contributed by atoms with Gasteiger partial charge in [0, 0.05) is 37.1 Å². The lowest BCUT2D eigenvalue weighted by atomic mass is 10.1. The number of piperazine rings is 1. The van der Waals surface area contributed by atoms with Crippen molar-refractivity contribution in [1.29, 1.82) is 0 Å². The highest BCUT2D eigenvalue weighted by atomic mass is 32.2. The minimum absolute atomic E-state index is 0.0130. The van der Waals surface area contributed by atoms with Crippen LogP contribution in [0.1, 0.15) is 34.9 Å². The summed E-state index contributed by atoms with van der Waals surface area (Å²) in [7, 11) is -2.57. The predicted octanol–water partition coefficient (Wildman–Crippen LogP) is 1.90.